The maximum Gasteiger partial charge on any atom is 0.353 e. The predicted octanol–water partition coefficient (Wildman–Crippen LogP) is 0.254. The first-order valence-electron chi connectivity index (χ1n) is 5.82. The lowest BCUT2D eigenvalue weighted by Crippen LogP contribution is -2.34. The van der Waals surface area contributed by atoms with Gasteiger partial charge in [0, 0.05) is 13.6 Å². The summed E-state index contributed by atoms with van der Waals surface area (Å²) in [5.41, 5.74) is -0.179. The average molecular weight is 269 g/mol. The molecule has 0 aromatic carbocycles. The van der Waals surface area contributed by atoms with E-state index >= 15 is 0 Å². The Bertz CT molecular complexity index is 450. The number of hydrogen-bond acceptors (Lipinski definition) is 8. The zero-order valence-corrected chi connectivity index (χ0v) is 10.5. The van der Waals surface area contributed by atoms with Crippen molar-refractivity contribution in [3.63, 3.8) is 0 Å². The van der Waals surface area contributed by atoms with Gasteiger partial charge in [-0.05, 0) is 0 Å². The molecule has 19 heavy (non-hydrogen) atoms. The fraction of sp³-hybridized carbons (Fsp3) is 0.600. The lowest BCUT2D eigenvalue weighted by molar-refractivity contribution is -0.383. The first kappa shape index (κ1) is 13.4. The molecule has 9 heteroatoms. The van der Waals surface area contributed by atoms with Crippen LogP contribution in [0.25, 0.3) is 0 Å². The van der Waals surface area contributed by atoms with Crippen molar-refractivity contribution < 1.29 is 14.4 Å². The van der Waals surface area contributed by atoms with E-state index < -0.39 is 4.92 Å². The van der Waals surface area contributed by atoms with Crippen LogP contribution < -0.4 is 10.6 Å². The van der Waals surface area contributed by atoms with E-state index in [9.17, 15) is 10.1 Å². The lowest BCUT2D eigenvalue weighted by Gasteiger charge is -2.23. The molecule has 1 atom stereocenters. The monoisotopic (exact) mass is 269 g/mol. The van der Waals surface area contributed by atoms with Crippen molar-refractivity contribution in [1.82, 2.24) is 9.97 Å². The minimum Gasteiger partial charge on any atom is -0.376 e. The lowest BCUT2D eigenvalue weighted by atomic mass is 10.3. The van der Waals surface area contributed by atoms with Crippen LogP contribution in [0.15, 0.2) is 6.33 Å². The molecule has 1 aromatic rings. The van der Waals surface area contributed by atoms with Crippen molar-refractivity contribution in [2.75, 3.05) is 44.0 Å². The Morgan fingerprint density at radius 2 is 2.26 bits per heavy atom. The first-order valence-corrected chi connectivity index (χ1v) is 5.82. The second-order valence-electron chi connectivity index (χ2n) is 3.88. The molecule has 9 nitrogen and oxygen atoms in total. The van der Waals surface area contributed by atoms with Gasteiger partial charge in [-0.2, -0.15) is 0 Å². The normalized spacial score (nSPS) is 18.9. The molecule has 0 radical (unpaired) electrons. The molecular formula is C10H15N5O4. The Balaban J connectivity index is 2.08. The van der Waals surface area contributed by atoms with Crippen molar-refractivity contribution in [2.24, 2.45) is 0 Å². The third-order valence-corrected chi connectivity index (χ3v) is 2.62. The predicted molar refractivity (Wildman–Crippen MR) is 67.3 cm³/mol. The van der Waals surface area contributed by atoms with E-state index in [1.165, 1.54) is 6.33 Å². The van der Waals surface area contributed by atoms with Gasteiger partial charge in [-0.3, -0.25) is 10.1 Å². The van der Waals surface area contributed by atoms with Crippen molar-refractivity contribution in [1.29, 1.82) is 0 Å². The van der Waals surface area contributed by atoms with E-state index in [0.29, 0.717) is 26.4 Å². The number of aromatic nitrogens is 2. The highest BCUT2D eigenvalue weighted by Gasteiger charge is 2.23. The summed E-state index contributed by atoms with van der Waals surface area (Å²) in [6.45, 7) is 1.96. The second-order valence-corrected chi connectivity index (χ2v) is 3.88. The molecule has 104 valence electrons. The summed E-state index contributed by atoms with van der Waals surface area (Å²) in [4.78, 5) is 18.2. The minimum absolute atomic E-state index is 0.138. The minimum atomic E-state index is -0.521. The van der Waals surface area contributed by atoms with Gasteiger partial charge < -0.3 is 20.1 Å². The average Bonchev–Trinajstić information content (AvgIpc) is 2.45. The van der Waals surface area contributed by atoms with Crippen molar-refractivity contribution >= 4 is 17.3 Å². The van der Waals surface area contributed by atoms with Gasteiger partial charge in [-0.15, -0.1) is 0 Å². The highest BCUT2D eigenvalue weighted by molar-refractivity contribution is 5.68. The van der Waals surface area contributed by atoms with Crippen molar-refractivity contribution in [3.8, 4) is 0 Å². The molecule has 0 aliphatic carbocycles. The van der Waals surface area contributed by atoms with Gasteiger partial charge in [0.05, 0.1) is 30.8 Å². The van der Waals surface area contributed by atoms with Crippen LogP contribution >= 0.6 is 0 Å². The quantitative estimate of drug-likeness (QED) is 0.578. The van der Waals surface area contributed by atoms with Crippen molar-refractivity contribution in [3.05, 3.63) is 16.4 Å². The number of ether oxygens (including phenoxy) is 2. The number of nitrogens with zero attached hydrogens (tertiary/aromatic N) is 3. The summed E-state index contributed by atoms with van der Waals surface area (Å²) in [7, 11) is 1.57. The number of nitrogens with one attached hydrogen (secondary N) is 2. The van der Waals surface area contributed by atoms with Crippen LogP contribution in [0.2, 0.25) is 0 Å². The second kappa shape index (κ2) is 6.25. The molecule has 1 unspecified atom stereocenters. The van der Waals surface area contributed by atoms with Crippen LogP contribution in [-0.2, 0) is 9.47 Å². The van der Waals surface area contributed by atoms with E-state index in [0.717, 1.165) is 0 Å². The van der Waals surface area contributed by atoms with Gasteiger partial charge in [-0.25, -0.2) is 9.97 Å². The van der Waals surface area contributed by atoms with Gasteiger partial charge in [0.2, 0.25) is 11.6 Å². The van der Waals surface area contributed by atoms with E-state index in [4.69, 9.17) is 9.47 Å². The maximum absolute atomic E-state index is 11.0. The van der Waals surface area contributed by atoms with Crippen molar-refractivity contribution in [2.45, 2.75) is 6.10 Å². The molecule has 0 saturated carbocycles. The van der Waals surface area contributed by atoms with Gasteiger partial charge in [-0.1, -0.05) is 0 Å². The zero-order valence-electron chi connectivity index (χ0n) is 10.5. The maximum atomic E-state index is 11.0. The summed E-state index contributed by atoms with van der Waals surface area (Å²) in [6, 6.07) is 0. The molecule has 2 N–H and O–H groups in total. The standard InChI is InChI=1S/C10H15N5O4/c1-11-9-8(15(16)17)10(14-6-13-9)12-4-7-5-18-2-3-19-7/h6-7H,2-5H2,1H3,(H2,11,12,13,14). The van der Waals surface area contributed by atoms with Crippen LogP contribution in [0.3, 0.4) is 0 Å². The molecule has 2 rings (SSSR count). The van der Waals surface area contributed by atoms with Crippen LogP contribution in [0.5, 0.6) is 0 Å². The molecule has 0 amide bonds. The Labute approximate surface area is 109 Å². The molecule has 1 aliphatic rings. The van der Waals surface area contributed by atoms with E-state index in [1.807, 2.05) is 0 Å². The Kier molecular flexibility index (Phi) is 4.42. The molecule has 1 aliphatic heterocycles. The number of hydrogen-bond donors (Lipinski definition) is 2. The largest absolute Gasteiger partial charge is 0.376 e. The van der Waals surface area contributed by atoms with Crippen LogP contribution in [0.4, 0.5) is 17.3 Å². The Hall–Kier alpha value is -2.00. The number of rotatable bonds is 5. The molecule has 0 spiro atoms. The Morgan fingerprint density at radius 1 is 1.47 bits per heavy atom. The summed E-state index contributed by atoms with van der Waals surface area (Å²) < 4.78 is 10.7. The van der Waals surface area contributed by atoms with E-state index in [2.05, 4.69) is 20.6 Å². The fourth-order valence-electron chi connectivity index (χ4n) is 1.73. The third-order valence-electron chi connectivity index (χ3n) is 2.62. The molecule has 1 saturated heterocycles. The van der Waals surface area contributed by atoms with Gasteiger partial charge >= 0.3 is 5.69 Å². The summed E-state index contributed by atoms with van der Waals surface area (Å²) in [6.07, 6.45) is 1.13. The zero-order chi connectivity index (χ0) is 13.7. The number of nitro groups is 1. The smallest absolute Gasteiger partial charge is 0.353 e. The third kappa shape index (κ3) is 3.26. The topological polar surface area (TPSA) is 111 Å². The molecular weight excluding hydrogens is 254 g/mol. The Morgan fingerprint density at radius 3 is 2.89 bits per heavy atom. The van der Waals surface area contributed by atoms with Gasteiger partial charge in [0.1, 0.15) is 6.33 Å². The fourth-order valence-corrected chi connectivity index (χ4v) is 1.73. The highest BCUT2D eigenvalue weighted by Crippen LogP contribution is 2.28. The van der Waals surface area contributed by atoms with Crippen LogP contribution in [0, 0.1) is 10.1 Å². The summed E-state index contributed by atoms with van der Waals surface area (Å²) in [5, 5.41) is 16.6. The van der Waals surface area contributed by atoms with Crippen LogP contribution in [0.1, 0.15) is 0 Å². The number of anilines is 2. The van der Waals surface area contributed by atoms with E-state index in [1.54, 1.807) is 7.05 Å². The molecule has 2 heterocycles. The van der Waals surface area contributed by atoms with E-state index in [-0.39, 0.29) is 23.4 Å². The summed E-state index contributed by atoms with van der Waals surface area (Å²) >= 11 is 0. The molecule has 1 fully saturated rings. The SMILES string of the molecule is CNc1ncnc(NCC2COCCO2)c1[N+](=O)[O-]. The molecule has 1 aromatic heterocycles. The van der Waals surface area contributed by atoms with Gasteiger partial charge in [0.15, 0.2) is 0 Å². The summed E-state index contributed by atoms with van der Waals surface area (Å²) in [5.74, 6) is 0.335. The van der Waals surface area contributed by atoms with Gasteiger partial charge in [0.25, 0.3) is 0 Å². The molecule has 0 bridgehead atoms. The highest BCUT2D eigenvalue weighted by atomic mass is 16.6. The van der Waals surface area contributed by atoms with Crippen LogP contribution in [-0.4, -0.2) is 54.4 Å². The first-order chi connectivity index (χ1) is 9.22.